The fourth-order valence-corrected chi connectivity index (χ4v) is 1.81. The zero-order valence-corrected chi connectivity index (χ0v) is 9.39. The second-order valence-electron chi connectivity index (χ2n) is 3.46. The van der Waals surface area contributed by atoms with E-state index in [2.05, 4.69) is 12.6 Å². The Balaban J connectivity index is 2.31. The highest BCUT2D eigenvalue weighted by Gasteiger charge is 2.09. The van der Waals surface area contributed by atoms with E-state index in [-0.39, 0.29) is 5.69 Å². The molecule has 0 amide bonds. The smallest absolute Gasteiger partial charge is 0.352 e. The second kappa shape index (κ2) is 4.45. The first-order chi connectivity index (χ1) is 7.68. The lowest BCUT2D eigenvalue weighted by atomic mass is 10.2. The van der Waals surface area contributed by atoms with Crippen LogP contribution in [0, 0.1) is 0 Å². The zero-order valence-electron chi connectivity index (χ0n) is 8.50. The van der Waals surface area contributed by atoms with Gasteiger partial charge in [0.2, 0.25) is 0 Å². The highest BCUT2D eigenvalue weighted by atomic mass is 32.1. The molecule has 1 aromatic heterocycles. The zero-order chi connectivity index (χ0) is 11.5. The molecule has 2 aromatic rings. The molecule has 82 valence electrons. The molecule has 0 aliphatic heterocycles. The van der Waals surface area contributed by atoms with Gasteiger partial charge in [0.1, 0.15) is 5.69 Å². The predicted molar refractivity (Wildman–Crippen MR) is 64.2 cm³/mol. The van der Waals surface area contributed by atoms with Crippen molar-refractivity contribution in [3.63, 3.8) is 0 Å². The Kier molecular flexibility index (Phi) is 3.01. The number of carboxylic acid groups (broad SMARTS) is 1. The van der Waals surface area contributed by atoms with E-state index in [0.29, 0.717) is 6.54 Å². The van der Waals surface area contributed by atoms with Gasteiger partial charge in [-0.2, -0.15) is 0 Å². The summed E-state index contributed by atoms with van der Waals surface area (Å²) in [5.74, 6) is -0.915. The molecule has 1 heterocycles. The average Bonchev–Trinajstić information content (AvgIpc) is 2.69. The third-order valence-electron chi connectivity index (χ3n) is 2.38. The second-order valence-corrected chi connectivity index (χ2v) is 3.94. The van der Waals surface area contributed by atoms with Crippen LogP contribution >= 0.6 is 12.6 Å². The molecule has 0 saturated carbocycles. The fraction of sp³-hybridized carbons (Fsp3) is 0.0833. The van der Waals surface area contributed by atoms with Crippen molar-refractivity contribution in [1.82, 2.24) is 4.57 Å². The van der Waals surface area contributed by atoms with Crippen molar-refractivity contribution in [1.29, 1.82) is 0 Å². The molecule has 0 spiro atoms. The number of aromatic nitrogens is 1. The highest BCUT2D eigenvalue weighted by Crippen LogP contribution is 2.15. The summed E-state index contributed by atoms with van der Waals surface area (Å²) in [5.41, 5.74) is 1.29. The van der Waals surface area contributed by atoms with E-state index in [0.717, 1.165) is 10.5 Å². The van der Waals surface area contributed by atoms with Crippen molar-refractivity contribution in [2.75, 3.05) is 0 Å². The maximum atomic E-state index is 10.9. The van der Waals surface area contributed by atoms with E-state index in [1.807, 2.05) is 24.3 Å². The maximum Gasteiger partial charge on any atom is 0.352 e. The third-order valence-corrected chi connectivity index (χ3v) is 2.82. The summed E-state index contributed by atoms with van der Waals surface area (Å²) in [5, 5.41) is 8.96. The van der Waals surface area contributed by atoms with Crippen molar-refractivity contribution in [3.8, 4) is 0 Å². The van der Waals surface area contributed by atoms with Gasteiger partial charge in [-0.15, -0.1) is 12.6 Å². The molecule has 0 radical (unpaired) electrons. The topological polar surface area (TPSA) is 42.2 Å². The molecule has 0 saturated heterocycles. The summed E-state index contributed by atoms with van der Waals surface area (Å²) in [7, 11) is 0. The number of thiol groups is 1. The lowest BCUT2D eigenvalue weighted by molar-refractivity contribution is 0.0685. The monoisotopic (exact) mass is 233 g/mol. The maximum absolute atomic E-state index is 10.9. The van der Waals surface area contributed by atoms with Crippen LogP contribution in [0.15, 0.2) is 47.5 Å². The van der Waals surface area contributed by atoms with E-state index in [4.69, 9.17) is 5.11 Å². The summed E-state index contributed by atoms with van der Waals surface area (Å²) in [6, 6.07) is 11.0. The fourth-order valence-electron chi connectivity index (χ4n) is 1.57. The number of aromatic carboxylic acids is 1. The number of carboxylic acids is 1. The lowest BCUT2D eigenvalue weighted by Crippen LogP contribution is -2.08. The Labute approximate surface area is 98.7 Å². The van der Waals surface area contributed by atoms with E-state index >= 15 is 0 Å². The standard InChI is InChI=1S/C12H11NO2S/c14-12(15)10-5-3-7-13(10)8-9-4-1-2-6-11(9)16/h1-7,16H,8H2,(H,14,15). The largest absolute Gasteiger partial charge is 0.477 e. The number of hydrogen-bond acceptors (Lipinski definition) is 2. The van der Waals surface area contributed by atoms with Crippen LogP contribution in [0.1, 0.15) is 16.1 Å². The molecular weight excluding hydrogens is 222 g/mol. The van der Waals surface area contributed by atoms with Gasteiger partial charge in [-0.05, 0) is 23.8 Å². The minimum absolute atomic E-state index is 0.289. The SMILES string of the molecule is O=C(O)c1cccn1Cc1ccccc1S. The van der Waals surface area contributed by atoms with Crippen LogP contribution < -0.4 is 0 Å². The van der Waals surface area contributed by atoms with Crippen molar-refractivity contribution < 1.29 is 9.90 Å². The van der Waals surface area contributed by atoms with Gasteiger partial charge in [-0.1, -0.05) is 18.2 Å². The van der Waals surface area contributed by atoms with Crippen LogP contribution in [0.3, 0.4) is 0 Å². The Bertz CT molecular complexity index is 519. The van der Waals surface area contributed by atoms with E-state index in [1.54, 1.807) is 22.9 Å². The van der Waals surface area contributed by atoms with E-state index in [9.17, 15) is 4.79 Å². The number of carbonyl (C=O) groups is 1. The molecule has 16 heavy (non-hydrogen) atoms. The van der Waals surface area contributed by atoms with Gasteiger partial charge >= 0.3 is 5.97 Å². The number of rotatable bonds is 3. The first-order valence-electron chi connectivity index (χ1n) is 4.84. The lowest BCUT2D eigenvalue weighted by Gasteiger charge is -2.08. The Morgan fingerprint density at radius 1 is 1.25 bits per heavy atom. The van der Waals surface area contributed by atoms with Crippen LogP contribution in [0.5, 0.6) is 0 Å². The van der Waals surface area contributed by atoms with Crippen molar-refractivity contribution in [2.45, 2.75) is 11.4 Å². The van der Waals surface area contributed by atoms with Gasteiger partial charge in [0.25, 0.3) is 0 Å². The molecule has 1 N–H and O–H groups in total. The normalized spacial score (nSPS) is 10.3. The van der Waals surface area contributed by atoms with Gasteiger partial charge in [0.15, 0.2) is 0 Å². The van der Waals surface area contributed by atoms with E-state index in [1.165, 1.54) is 0 Å². The highest BCUT2D eigenvalue weighted by molar-refractivity contribution is 7.80. The van der Waals surface area contributed by atoms with Crippen LogP contribution in [0.2, 0.25) is 0 Å². The van der Waals surface area contributed by atoms with Crippen LogP contribution in [-0.2, 0) is 6.54 Å². The molecular formula is C12H11NO2S. The molecule has 4 heteroatoms. The van der Waals surface area contributed by atoms with Crippen LogP contribution in [0.4, 0.5) is 0 Å². The number of nitrogens with zero attached hydrogens (tertiary/aromatic N) is 1. The predicted octanol–water partition coefficient (Wildman–Crippen LogP) is 2.52. The molecule has 2 rings (SSSR count). The molecule has 0 fully saturated rings. The van der Waals surface area contributed by atoms with Crippen molar-refractivity contribution in [3.05, 3.63) is 53.9 Å². The molecule has 0 aliphatic rings. The first kappa shape index (κ1) is 10.8. The molecule has 0 aliphatic carbocycles. The van der Waals surface area contributed by atoms with Crippen LogP contribution in [0.25, 0.3) is 0 Å². The third kappa shape index (κ3) is 2.12. The summed E-state index contributed by atoms with van der Waals surface area (Å²) in [4.78, 5) is 11.8. The number of benzene rings is 1. The molecule has 0 unspecified atom stereocenters. The molecule has 1 aromatic carbocycles. The minimum atomic E-state index is -0.915. The van der Waals surface area contributed by atoms with Gasteiger partial charge in [0.05, 0.1) is 0 Å². The van der Waals surface area contributed by atoms with Gasteiger partial charge in [0, 0.05) is 17.6 Å². The Hall–Kier alpha value is -1.68. The summed E-state index contributed by atoms with van der Waals surface area (Å²) >= 11 is 4.33. The number of hydrogen-bond donors (Lipinski definition) is 2. The van der Waals surface area contributed by atoms with Gasteiger partial charge in [-0.25, -0.2) is 4.79 Å². The van der Waals surface area contributed by atoms with Crippen molar-refractivity contribution >= 4 is 18.6 Å². The summed E-state index contributed by atoms with van der Waals surface area (Å²) in [6.07, 6.45) is 1.75. The first-order valence-corrected chi connectivity index (χ1v) is 5.28. The summed E-state index contributed by atoms with van der Waals surface area (Å²) < 4.78 is 1.69. The molecule has 0 bridgehead atoms. The molecule has 0 atom stereocenters. The minimum Gasteiger partial charge on any atom is -0.477 e. The van der Waals surface area contributed by atoms with E-state index < -0.39 is 5.97 Å². The Morgan fingerprint density at radius 2 is 2.00 bits per heavy atom. The summed E-state index contributed by atoms with van der Waals surface area (Å²) in [6.45, 7) is 0.522. The van der Waals surface area contributed by atoms with Gasteiger partial charge in [-0.3, -0.25) is 0 Å². The van der Waals surface area contributed by atoms with Crippen molar-refractivity contribution in [2.24, 2.45) is 0 Å². The average molecular weight is 233 g/mol. The molecule has 3 nitrogen and oxygen atoms in total. The van der Waals surface area contributed by atoms with Crippen LogP contribution in [-0.4, -0.2) is 15.6 Å². The van der Waals surface area contributed by atoms with Gasteiger partial charge < -0.3 is 9.67 Å². The Morgan fingerprint density at radius 3 is 2.69 bits per heavy atom. The quantitative estimate of drug-likeness (QED) is 0.800.